The van der Waals surface area contributed by atoms with Crippen LogP contribution in [-0.4, -0.2) is 58.2 Å². The molecule has 1 aliphatic heterocycles. The summed E-state index contributed by atoms with van der Waals surface area (Å²) in [4.78, 5) is 5.36. The van der Waals surface area contributed by atoms with E-state index in [4.69, 9.17) is 0 Å². The van der Waals surface area contributed by atoms with Gasteiger partial charge in [-0.3, -0.25) is 9.80 Å². The minimum atomic E-state index is 0.715. The third kappa shape index (κ3) is 7.06. The fraction of sp³-hybridized carbons (Fsp3) is 1.00. The van der Waals surface area contributed by atoms with E-state index in [1.54, 1.807) is 0 Å². The molecular weight excluding hydrogens is 284 g/mol. The molecule has 1 aliphatic rings. The highest BCUT2D eigenvalue weighted by atomic mass is 32.2. The molecule has 0 aromatic rings. The first-order valence-corrected chi connectivity index (χ1v) is 10.6. The molecule has 0 spiro atoms. The Labute approximate surface area is 135 Å². The quantitative estimate of drug-likeness (QED) is 0.552. The number of unbranched alkanes of at least 4 members (excludes halogenated alkanes) is 2. The summed E-state index contributed by atoms with van der Waals surface area (Å²) in [5, 5.41) is 0. The zero-order valence-electron chi connectivity index (χ0n) is 13.9. The summed E-state index contributed by atoms with van der Waals surface area (Å²) in [5.41, 5.74) is 0. The molecule has 1 fully saturated rings. The smallest absolute Gasteiger partial charge is 0.0448 e. The molecule has 20 heavy (non-hydrogen) atoms. The highest BCUT2D eigenvalue weighted by Crippen LogP contribution is 2.20. The molecule has 1 rings (SSSR count). The Bertz CT molecular complexity index is 215. The molecule has 0 bridgehead atoms. The molecule has 0 unspecified atom stereocenters. The van der Waals surface area contributed by atoms with Crippen LogP contribution in [0.4, 0.5) is 0 Å². The number of thioether (sulfide) groups is 2. The van der Waals surface area contributed by atoms with Crippen molar-refractivity contribution < 1.29 is 0 Å². The Kier molecular flexibility index (Phi) is 10.5. The van der Waals surface area contributed by atoms with E-state index in [-0.39, 0.29) is 0 Å². The van der Waals surface area contributed by atoms with Gasteiger partial charge in [-0.05, 0) is 38.2 Å². The van der Waals surface area contributed by atoms with Crippen molar-refractivity contribution in [3.05, 3.63) is 0 Å². The Morgan fingerprint density at radius 3 is 1.55 bits per heavy atom. The van der Waals surface area contributed by atoms with Crippen LogP contribution in [-0.2, 0) is 0 Å². The molecule has 0 saturated carbocycles. The van der Waals surface area contributed by atoms with Crippen molar-refractivity contribution in [1.29, 1.82) is 0 Å². The topological polar surface area (TPSA) is 6.48 Å². The maximum absolute atomic E-state index is 2.68. The van der Waals surface area contributed by atoms with Crippen LogP contribution < -0.4 is 0 Å². The summed E-state index contributed by atoms with van der Waals surface area (Å²) in [6.45, 7) is 11.8. The van der Waals surface area contributed by atoms with Crippen molar-refractivity contribution in [2.45, 2.75) is 65.5 Å². The average molecular weight is 319 g/mol. The number of hydrogen-bond donors (Lipinski definition) is 0. The molecule has 4 heteroatoms. The second-order valence-corrected chi connectivity index (χ2v) is 8.17. The molecule has 0 aromatic heterocycles. The second-order valence-electron chi connectivity index (χ2n) is 6.02. The van der Waals surface area contributed by atoms with Crippen molar-refractivity contribution >= 4 is 23.5 Å². The highest BCUT2D eigenvalue weighted by Gasteiger charge is 2.28. The van der Waals surface area contributed by atoms with Crippen LogP contribution in [0.1, 0.15) is 53.4 Å². The summed E-state index contributed by atoms with van der Waals surface area (Å²) >= 11 is 4.24. The van der Waals surface area contributed by atoms with Gasteiger partial charge in [-0.2, -0.15) is 0 Å². The molecule has 2 nitrogen and oxygen atoms in total. The van der Waals surface area contributed by atoms with E-state index in [0.717, 1.165) is 0 Å². The Hall–Kier alpha value is 0.620. The van der Waals surface area contributed by atoms with Gasteiger partial charge >= 0.3 is 0 Å². The SMILES string of the molecule is CCCCSCN1C[C@H](C)N(CSCCCC)C[C@H]1C. The third-order valence-electron chi connectivity index (χ3n) is 4.04. The zero-order chi connectivity index (χ0) is 14.8. The van der Waals surface area contributed by atoms with Crippen molar-refractivity contribution in [3.63, 3.8) is 0 Å². The Morgan fingerprint density at radius 1 is 0.800 bits per heavy atom. The first-order chi connectivity index (χ1) is 9.69. The normalized spacial score (nSPS) is 25.2. The largest absolute Gasteiger partial charge is 0.289 e. The van der Waals surface area contributed by atoms with Crippen LogP contribution in [0.15, 0.2) is 0 Å². The summed E-state index contributed by atoms with van der Waals surface area (Å²) in [7, 11) is 0. The monoisotopic (exact) mass is 318 g/mol. The Balaban J connectivity index is 2.22. The molecule has 0 aliphatic carbocycles. The standard InChI is InChI=1S/C16H34N2S2/c1-5-7-9-19-13-17-11-16(4)18(12-15(17)3)14-20-10-8-6-2/h15-16H,5-14H2,1-4H3/t15-,16+. The van der Waals surface area contributed by atoms with Crippen LogP contribution in [0.5, 0.6) is 0 Å². The van der Waals surface area contributed by atoms with Gasteiger partial charge in [0.05, 0.1) is 0 Å². The van der Waals surface area contributed by atoms with Gasteiger partial charge in [-0.15, -0.1) is 23.5 Å². The van der Waals surface area contributed by atoms with Gasteiger partial charge in [-0.1, -0.05) is 26.7 Å². The van der Waals surface area contributed by atoms with Gasteiger partial charge in [0, 0.05) is 36.9 Å². The van der Waals surface area contributed by atoms with Gasteiger partial charge in [0.25, 0.3) is 0 Å². The van der Waals surface area contributed by atoms with Gasteiger partial charge < -0.3 is 0 Å². The minimum absolute atomic E-state index is 0.715. The Morgan fingerprint density at radius 2 is 1.20 bits per heavy atom. The van der Waals surface area contributed by atoms with Crippen LogP contribution >= 0.6 is 23.5 Å². The zero-order valence-corrected chi connectivity index (χ0v) is 15.6. The number of rotatable bonds is 10. The molecule has 1 heterocycles. The fourth-order valence-electron chi connectivity index (χ4n) is 2.49. The van der Waals surface area contributed by atoms with Crippen molar-refractivity contribution in [3.8, 4) is 0 Å². The lowest BCUT2D eigenvalue weighted by molar-refractivity contribution is 0.0708. The first kappa shape index (κ1) is 18.7. The molecular formula is C16H34N2S2. The molecule has 0 N–H and O–H groups in total. The van der Waals surface area contributed by atoms with E-state index >= 15 is 0 Å². The lowest BCUT2D eigenvalue weighted by Gasteiger charge is -2.43. The van der Waals surface area contributed by atoms with Crippen molar-refractivity contribution in [1.82, 2.24) is 9.80 Å². The van der Waals surface area contributed by atoms with Crippen LogP contribution in [0.2, 0.25) is 0 Å². The number of nitrogens with zero attached hydrogens (tertiary/aromatic N) is 2. The molecule has 120 valence electrons. The predicted molar refractivity (Wildman–Crippen MR) is 96.8 cm³/mol. The molecule has 0 aromatic carbocycles. The lowest BCUT2D eigenvalue weighted by Crippen LogP contribution is -2.55. The molecule has 1 saturated heterocycles. The maximum atomic E-state index is 2.68. The summed E-state index contributed by atoms with van der Waals surface area (Å²) in [5.74, 6) is 5.10. The third-order valence-corrected chi connectivity index (χ3v) is 6.23. The van der Waals surface area contributed by atoms with Crippen molar-refractivity contribution in [2.24, 2.45) is 0 Å². The van der Waals surface area contributed by atoms with Gasteiger partial charge in [0.2, 0.25) is 0 Å². The number of piperazine rings is 1. The summed E-state index contributed by atoms with van der Waals surface area (Å²) in [6.07, 6.45) is 5.37. The predicted octanol–water partition coefficient (Wildman–Crippen LogP) is 4.36. The van der Waals surface area contributed by atoms with E-state index in [9.17, 15) is 0 Å². The van der Waals surface area contributed by atoms with E-state index in [1.165, 1.54) is 62.0 Å². The fourth-order valence-corrected chi connectivity index (χ4v) is 4.92. The van der Waals surface area contributed by atoms with E-state index in [0.29, 0.717) is 12.1 Å². The van der Waals surface area contributed by atoms with E-state index in [1.807, 2.05) is 0 Å². The van der Waals surface area contributed by atoms with Gasteiger partial charge in [-0.25, -0.2) is 0 Å². The van der Waals surface area contributed by atoms with Crippen LogP contribution in [0.25, 0.3) is 0 Å². The van der Waals surface area contributed by atoms with Crippen molar-refractivity contribution in [2.75, 3.05) is 36.3 Å². The maximum Gasteiger partial charge on any atom is 0.0448 e. The van der Waals surface area contributed by atoms with Crippen LogP contribution in [0, 0.1) is 0 Å². The average Bonchev–Trinajstić information content (AvgIpc) is 2.44. The summed E-state index contributed by atoms with van der Waals surface area (Å²) in [6, 6.07) is 1.43. The van der Waals surface area contributed by atoms with E-state index in [2.05, 4.69) is 61.0 Å². The molecule has 2 atom stereocenters. The first-order valence-electron chi connectivity index (χ1n) is 8.32. The van der Waals surface area contributed by atoms with E-state index < -0.39 is 0 Å². The number of hydrogen-bond acceptors (Lipinski definition) is 4. The molecule has 0 amide bonds. The van der Waals surface area contributed by atoms with Crippen LogP contribution in [0.3, 0.4) is 0 Å². The minimum Gasteiger partial charge on any atom is -0.289 e. The van der Waals surface area contributed by atoms with Gasteiger partial charge in [0.15, 0.2) is 0 Å². The second kappa shape index (κ2) is 11.2. The summed E-state index contributed by atoms with van der Waals surface area (Å²) < 4.78 is 0. The van der Waals surface area contributed by atoms with Gasteiger partial charge in [0.1, 0.15) is 0 Å². The highest BCUT2D eigenvalue weighted by molar-refractivity contribution is 7.99. The lowest BCUT2D eigenvalue weighted by atomic mass is 10.1. The molecule has 0 radical (unpaired) electrons.